The molecular formula is C22H20ClF3N2O8S. The minimum Gasteiger partial charge on any atom is -0.465 e. The van der Waals surface area contributed by atoms with Crippen molar-refractivity contribution >= 4 is 45.8 Å². The number of methoxy groups -OCH3 is 1. The third-order valence-corrected chi connectivity index (χ3v) is 5.37. The Balaban J connectivity index is 2.26. The summed E-state index contributed by atoms with van der Waals surface area (Å²) >= 11 is 6.57. The summed E-state index contributed by atoms with van der Waals surface area (Å²) in [4.78, 5) is 39.1. The molecule has 0 aliphatic heterocycles. The van der Waals surface area contributed by atoms with Crippen LogP contribution < -0.4 is 4.74 Å². The normalized spacial score (nSPS) is 11.7. The number of nitrogens with zero attached hydrogens (tertiary/aromatic N) is 2. The molecule has 0 bridgehead atoms. The van der Waals surface area contributed by atoms with E-state index in [1.807, 2.05) is 0 Å². The maximum absolute atomic E-state index is 12.9. The lowest BCUT2D eigenvalue weighted by Gasteiger charge is -2.12. The first-order chi connectivity index (χ1) is 17.5. The number of oxime groups is 1. The number of nitro groups is 1. The van der Waals surface area contributed by atoms with Gasteiger partial charge in [0.05, 0.1) is 40.0 Å². The molecule has 0 atom stereocenters. The van der Waals surface area contributed by atoms with Crippen LogP contribution in [0.5, 0.6) is 11.5 Å². The average molecular weight is 565 g/mol. The first kappa shape index (κ1) is 29.9. The van der Waals surface area contributed by atoms with E-state index in [4.69, 9.17) is 30.6 Å². The SMILES string of the molecule is CCOC(=O)CSC(=O)CON=C(COC)c1cc(Oc2ccc(C(F)(F)F)cc2Cl)ccc1[N+](=O)[O-]. The lowest BCUT2D eigenvalue weighted by atomic mass is 10.1. The van der Waals surface area contributed by atoms with Gasteiger partial charge in [-0.2, -0.15) is 13.2 Å². The highest BCUT2D eigenvalue weighted by atomic mass is 35.5. The van der Waals surface area contributed by atoms with Gasteiger partial charge >= 0.3 is 12.1 Å². The van der Waals surface area contributed by atoms with Gasteiger partial charge in [0.15, 0.2) is 6.61 Å². The van der Waals surface area contributed by atoms with Crippen LogP contribution in [0.25, 0.3) is 0 Å². The zero-order valence-electron chi connectivity index (χ0n) is 19.4. The average Bonchev–Trinajstić information content (AvgIpc) is 2.83. The zero-order chi connectivity index (χ0) is 27.6. The van der Waals surface area contributed by atoms with Gasteiger partial charge in [-0.3, -0.25) is 19.7 Å². The monoisotopic (exact) mass is 564 g/mol. The Morgan fingerprint density at radius 2 is 1.89 bits per heavy atom. The maximum atomic E-state index is 12.9. The fraction of sp³-hybridized carbons (Fsp3) is 0.318. The molecule has 10 nitrogen and oxygen atoms in total. The topological polar surface area (TPSA) is 127 Å². The number of hydrogen-bond acceptors (Lipinski definition) is 10. The highest BCUT2D eigenvalue weighted by molar-refractivity contribution is 8.14. The van der Waals surface area contributed by atoms with Crippen molar-refractivity contribution in [3.8, 4) is 11.5 Å². The number of hydrogen-bond donors (Lipinski definition) is 0. The van der Waals surface area contributed by atoms with Crippen LogP contribution in [0.3, 0.4) is 0 Å². The standard InChI is InChI=1S/C22H20ClF3N2O8S/c1-3-34-20(29)12-37-21(30)11-35-27-17(10-33-2)15-9-14(5-6-18(15)28(31)32)36-19-7-4-13(8-16(19)23)22(24,25)26/h4-9H,3,10-12H2,1-2H3. The number of ether oxygens (including phenoxy) is 3. The second-order valence-corrected chi connectivity index (χ2v) is 8.33. The van der Waals surface area contributed by atoms with E-state index >= 15 is 0 Å². The van der Waals surface area contributed by atoms with Crippen LogP contribution in [0.1, 0.15) is 18.1 Å². The Bertz CT molecular complexity index is 1180. The number of halogens is 4. The molecule has 0 saturated carbocycles. The van der Waals surface area contributed by atoms with Crippen molar-refractivity contribution in [2.75, 3.05) is 32.7 Å². The summed E-state index contributed by atoms with van der Waals surface area (Å²) in [5.41, 5.74) is -1.57. The van der Waals surface area contributed by atoms with E-state index in [-0.39, 0.29) is 46.8 Å². The molecule has 2 aromatic rings. The van der Waals surface area contributed by atoms with E-state index in [1.54, 1.807) is 6.92 Å². The minimum absolute atomic E-state index is 0.00729. The molecule has 0 spiro atoms. The smallest absolute Gasteiger partial charge is 0.416 e. The summed E-state index contributed by atoms with van der Waals surface area (Å²) in [6.45, 7) is 0.968. The zero-order valence-corrected chi connectivity index (χ0v) is 20.9. The fourth-order valence-electron chi connectivity index (χ4n) is 2.69. The highest BCUT2D eigenvalue weighted by Gasteiger charge is 2.31. The molecule has 0 N–H and O–H groups in total. The summed E-state index contributed by atoms with van der Waals surface area (Å²) in [5, 5.41) is 14.5. The quantitative estimate of drug-likeness (QED) is 0.147. The van der Waals surface area contributed by atoms with Gasteiger partial charge in [0.2, 0.25) is 5.12 Å². The third-order valence-electron chi connectivity index (χ3n) is 4.26. The van der Waals surface area contributed by atoms with Crippen LogP contribution in [0.15, 0.2) is 41.6 Å². The van der Waals surface area contributed by atoms with Gasteiger partial charge in [-0.1, -0.05) is 28.5 Å². The Hall–Kier alpha value is -3.36. The first-order valence-electron chi connectivity index (χ1n) is 10.3. The van der Waals surface area contributed by atoms with Crippen LogP contribution in [-0.2, 0) is 30.1 Å². The van der Waals surface area contributed by atoms with Gasteiger partial charge < -0.3 is 19.0 Å². The van der Waals surface area contributed by atoms with Gasteiger partial charge in [-0.25, -0.2) is 0 Å². The molecule has 0 fully saturated rings. The minimum atomic E-state index is -4.60. The molecule has 0 amide bonds. The van der Waals surface area contributed by atoms with E-state index in [0.717, 1.165) is 18.2 Å². The number of carbonyl (C=O) groups excluding carboxylic acids is 2. The first-order valence-corrected chi connectivity index (χ1v) is 11.6. The maximum Gasteiger partial charge on any atom is 0.416 e. The molecule has 2 aromatic carbocycles. The Labute approximate surface area is 217 Å². The number of esters is 1. The van der Waals surface area contributed by atoms with Crippen LogP contribution in [0.2, 0.25) is 5.02 Å². The third kappa shape index (κ3) is 9.22. The number of carbonyl (C=O) groups is 2. The molecule has 200 valence electrons. The number of rotatable bonds is 12. The summed E-state index contributed by atoms with van der Waals surface area (Å²) in [5.74, 6) is -0.931. The van der Waals surface area contributed by atoms with Gasteiger partial charge in [-0.15, -0.1) is 0 Å². The van der Waals surface area contributed by atoms with Crippen LogP contribution in [-0.4, -0.2) is 54.4 Å². The molecule has 15 heteroatoms. The summed E-state index contributed by atoms with van der Waals surface area (Å²) < 4.78 is 53.9. The van der Waals surface area contributed by atoms with E-state index in [9.17, 15) is 32.9 Å². The Morgan fingerprint density at radius 3 is 2.49 bits per heavy atom. The van der Waals surface area contributed by atoms with Crippen molar-refractivity contribution in [2.24, 2.45) is 5.16 Å². The number of alkyl halides is 3. The second-order valence-electron chi connectivity index (χ2n) is 6.89. The second kappa shape index (κ2) is 13.8. The van der Waals surface area contributed by atoms with Crippen molar-refractivity contribution in [1.29, 1.82) is 0 Å². The molecule has 0 aliphatic carbocycles. The van der Waals surface area contributed by atoms with Crippen LogP contribution >= 0.6 is 23.4 Å². The summed E-state index contributed by atoms with van der Waals surface area (Å²) in [6.07, 6.45) is -4.60. The van der Waals surface area contributed by atoms with Gasteiger partial charge in [0.1, 0.15) is 17.2 Å². The molecule has 0 aliphatic rings. The van der Waals surface area contributed by atoms with Gasteiger partial charge in [-0.05, 0) is 37.3 Å². The Morgan fingerprint density at radius 1 is 1.16 bits per heavy atom. The molecule has 0 aromatic heterocycles. The van der Waals surface area contributed by atoms with E-state index in [2.05, 4.69) is 5.16 Å². The lowest BCUT2D eigenvalue weighted by molar-refractivity contribution is -0.385. The number of benzene rings is 2. The molecule has 0 radical (unpaired) electrons. The number of nitro benzene ring substituents is 1. The van der Waals surface area contributed by atoms with Crippen molar-refractivity contribution in [3.63, 3.8) is 0 Å². The summed E-state index contributed by atoms with van der Waals surface area (Å²) in [7, 11) is 1.30. The molecule has 0 saturated heterocycles. The van der Waals surface area contributed by atoms with E-state index < -0.39 is 40.0 Å². The van der Waals surface area contributed by atoms with Crippen molar-refractivity contribution in [3.05, 3.63) is 62.7 Å². The molecule has 2 rings (SSSR count). The van der Waals surface area contributed by atoms with Gasteiger partial charge in [0.25, 0.3) is 5.69 Å². The Kier molecular flexibility index (Phi) is 11.1. The van der Waals surface area contributed by atoms with E-state index in [0.29, 0.717) is 17.8 Å². The lowest BCUT2D eigenvalue weighted by Crippen LogP contribution is -2.14. The van der Waals surface area contributed by atoms with Crippen LogP contribution in [0.4, 0.5) is 18.9 Å². The van der Waals surface area contributed by atoms with E-state index in [1.165, 1.54) is 19.2 Å². The highest BCUT2D eigenvalue weighted by Crippen LogP contribution is 2.37. The molecule has 0 heterocycles. The molecular weight excluding hydrogens is 545 g/mol. The van der Waals surface area contributed by atoms with Crippen LogP contribution in [0, 0.1) is 10.1 Å². The number of thioether (sulfide) groups is 1. The predicted octanol–water partition coefficient (Wildman–Crippen LogP) is 5.25. The van der Waals surface area contributed by atoms with Gasteiger partial charge in [0, 0.05) is 13.2 Å². The van der Waals surface area contributed by atoms with Crippen molar-refractivity contribution in [1.82, 2.24) is 0 Å². The predicted molar refractivity (Wildman–Crippen MR) is 128 cm³/mol. The fourth-order valence-corrected chi connectivity index (χ4v) is 3.41. The van der Waals surface area contributed by atoms with Crippen molar-refractivity contribution in [2.45, 2.75) is 13.1 Å². The summed E-state index contributed by atoms with van der Waals surface area (Å²) in [6, 6.07) is 5.98. The largest absolute Gasteiger partial charge is 0.465 e. The molecule has 37 heavy (non-hydrogen) atoms. The molecule has 0 unspecified atom stereocenters. The van der Waals surface area contributed by atoms with Crippen molar-refractivity contribution < 1.29 is 46.7 Å².